The highest BCUT2D eigenvalue weighted by molar-refractivity contribution is 5.89. The molecule has 1 aromatic carbocycles. The number of hydrogen-bond acceptors (Lipinski definition) is 6. The lowest BCUT2D eigenvalue weighted by Gasteiger charge is -2.34. The highest BCUT2D eigenvalue weighted by Crippen LogP contribution is 2.15. The van der Waals surface area contributed by atoms with Crippen LogP contribution in [0.3, 0.4) is 0 Å². The number of pyridine rings is 1. The predicted octanol–water partition coefficient (Wildman–Crippen LogP) is 1.99. The normalized spacial score (nSPS) is 14.5. The minimum absolute atomic E-state index is 0.558. The minimum Gasteiger partial charge on any atom is -0.478 e. The number of piperazine rings is 1. The van der Waals surface area contributed by atoms with Crippen LogP contribution in [0, 0.1) is 0 Å². The van der Waals surface area contributed by atoms with Gasteiger partial charge in [-0.1, -0.05) is 18.2 Å². The molecule has 9 nitrogen and oxygen atoms in total. The first kappa shape index (κ1) is 21.0. The second-order valence-electron chi connectivity index (χ2n) is 6.66. The van der Waals surface area contributed by atoms with Crippen molar-refractivity contribution in [2.24, 2.45) is 0 Å². The van der Waals surface area contributed by atoms with Crippen LogP contribution >= 0.6 is 0 Å². The van der Waals surface area contributed by atoms with Gasteiger partial charge in [0.1, 0.15) is 11.6 Å². The molecule has 3 heterocycles. The van der Waals surface area contributed by atoms with Crippen molar-refractivity contribution in [2.45, 2.75) is 6.54 Å². The molecule has 4 rings (SSSR count). The summed E-state index contributed by atoms with van der Waals surface area (Å²) in [4.78, 5) is 36.4. The average molecular weight is 409 g/mol. The summed E-state index contributed by atoms with van der Waals surface area (Å²) in [5.74, 6) is -0.391. The van der Waals surface area contributed by atoms with E-state index in [0.29, 0.717) is 12.2 Å². The van der Waals surface area contributed by atoms with Gasteiger partial charge in [-0.2, -0.15) is 0 Å². The number of nitrogens with one attached hydrogen (secondary N) is 1. The third-order valence-electron chi connectivity index (χ3n) is 4.53. The molecule has 1 aliphatic heterocycles. The van der Waals surface area contributed by atoms with Gasteiger partial charge in [0.25, 0.3) is 0 Å². The van der Waals surface area contributed by atoms with Crippen LogP contribution in [-0.4, -0.2) is 68.2 Å². The van der Waals surface area contributed by atoms with Crippen LogP contribution in [0.25, 0.3) is 11.0 Å². The monoisotopic (exact) mass is 409 g/mol. The number of aromatic amines is 1. The molecular weight excluding hydrogens is 386 g/mol. The molecule has 0 spiro atoms. The Morgan fingerprint density at radius 1 is 0.967 bits per heavy atom. The quantitative estimate of drug-likeness (QED) is 0.547. The van der Waals surface area contributed by atoms with Crippen LogP contribution < -0.4 is 4.90 Å². The topological polar surface area (TPSA) is 123 Å². The van der Waals surface area contributed by atoms with Gasteiger partial charge in [0.2, 0.25) is 0 Å². The number of carboxylic acid groups (broad SMARTS) is 2. The van der Waals surface area contributed by atoms with E-state index in [0.717, 1.165) is 55.4 Å². The Hall–Kier alpha value is -3.72. The van der Waals surface area contributed by atoms with E-state index in [9.17, 15) is 9.59 Å². The number of para-hydroxylation sites is 2. The highest BCUT2D eigenvalue weighted by Gasteiger charge is 2.18. The fourth-order valence-electron chi connectivity index (χ4n) is 3.11. The van der Waals surface area contributed by atoms with Crippen molar-refractivity contribution in [2.75, 3.05) is 31.1 Å². The van der Waals surface area contributed by atoms with E-state index in [4.69, 9.17) is 10.2 Å². The Labute approximate surface area is 173 Å². The van der Waals surface area contributed by atoms with Gasteiger partial charge in [0, 0.05) is 44.5 Å². The predicted molar refractivity (Wildman–Crippen MR) is 112 cm³/mol. The molecule has 9 heteroatoms. The van der Waals surface area contributed by atoms with Crippen LogP contribution in [-0.2, 0) is 16.1 Å². The standard InChI is InChI=1S/C17H19N5.C4H4O4/c1-2-6-15-14(5-1)19-16(20-15)13-21-9-11-22(12-10-21)17-7-3-4-8-18-17;5-3(6)1-2-4(7)8/h1-8H,9-13H2,(H,19,20);1-2H,(H,5,6)(H,7,8). The number of aliphatic carboxylic acids is 2. The van der Waals surface area contributed by atoms with Crippen molar-refractivity contribution >= 4 is 28.8 Å². The summed E-state index contributed by atoms with van der Waals surface area (Å²) in [6, 6.07) is 14.3. The summed E-state index contributed by atoms with van der Waals surface area (Å²) in [6.07, 6.45) is 2.97. The molecule has 0 amide bonds. The molecule has 0 aliphatic carbocycles. The smallest absolute Gasteiger partial charge is 0.328 e. The van der Waals surface area contributed by atoms with Crippen LogP contribution in [0.5, 0.6) is 0 Å². The van der Waals surface area contributed by atoms with Crippen molar-refractivity contribution in [1.82, 2.24) is 19.9 Å². The van der Waals surface area contributed by atoms with Gasteiger partial charge in [-0.05, 0) is 24.3 Å². The van der Waals surface area contributed by atoms with Crippen LogP contribution in [0.4, 0.5) is 5.82 Å². The number of nitrogens with zero attached hydrogens (tertiary/aromatic N) is 4. The maximum absolute atomic E-state index is 9.55. The minimum atomic E-state index is -1.26. The Bertz CT molecular complexity index is 961. The molecule has 156 valence electrons. The second-order valence-corrected chi connectivity index (χ2v) is 6.66. The summed E-state index contributed by atoms with van der Waals surface area (Å²) >= 11 is 0. The van der Waals surface area contributed by atoms with Crippen LogP contribution in [0.1, 0.15) is 5.82 Å². The molecule has 3 N–H and O–H groups in total. The fourth-order valence-corrected chi connectivity index (χ4v) is 3.11. The zero-order chi connectivity index (χ0) is 21.3. The third-order valence-corrected chi connectivity index (χ3v) is 4.53. The summed E-state index contributed by atoms with van der Waals surface area (Å²) in [5, 5.41) is 15.6. The molecule has 1 aliphatic rings. The van der Waals surface area contributed by atoms with Gasteiger partial charge in [0.05, 0.1) is 17.6 Å². The van der Waals surface area contributed by atoms with Gasteiger partial charge >= 0.3 is 11.9 Å². The average Bonchev–Trinajstić information content (AvgIpc) is 3.16. The molecule has 0 atom stereocenters. The Kier molecular flexibility index (Phi) is 7.12. The molecule has 3 aromatic rings. The maximum atomic E-state index is 9.55. The molecule has 0 unspecified atom stereocenters. The van der Waals surface area contributed by atoms with E-state index in [2.05, 4.69) is 36.9 Å². The van der Waals surface area contributed by atoms with Crippen LogP contribution in [0.15, 0.2) is 60.8 Å². The molecular formula is C21H23N5O4. The number of fused-ring (bicyclic) bond motifs is 1. The zero-order valence-corrected chi connectivity index (χ0v) is 16.3. The van der Waals surface area contributed by atoms with Gasteiger partial charge in [-0.25, -0.2) is 19.6 Å². The molecule has 0 saturated carbocycles. The van der Waals surface area contributed by atoms with Crippen molar-refractivity contribution in [3.05, 3.63) is 66.6 Å². The summed E-state index contributed by atoms with van der Waals surface area (Å²) in [6.45, 7) is 4.97. The number of rotatable bonds is 5. The lowest BCUT2D eigenvalue weighted by Crippen LogP contribution is -2.46. The SMILES string of the molecule is O=C(O)C=CC(=O)O.c1ccc(N2CCN(Cc3nc4ccccc4[nH]3)CC2)nc1. The second kappa shape index (κ2) is 10.2. The molecule has 1 saturated heterocycles. The Morgan fingerprint density at radius 2 is 1.63 bits per heavy atom. The number of carboxylic acids is 2. The number of carbonyl (C=O) groups is 2. The van der Waals surface area contributed by atoms with Crippen molar-refractivity contribution in [1.29, 1.82) is 0 Å². The number of imidazole rings is 1. The number of anilines is 1. The Morgan fingerprint density at radius 3 is 2.23 bits per heavy atom. The summed E-state index contributed by atoms with van der Waals surface area (Å²) in [7, 11) is 0. The van der Waals surface area contributed by atoms with Gasteiger partial charge < -0.3 is 20.1 Å². The largest absolute Gasteiger partial charge is 0.478 e. The van der Waals surface area contributed by atoms with Gasteiger partial charge in [0.15, 0.2) is 0 Å². The lowest BCUT2D eigenvalue weighted by atomic mass is 10.3. The number of benzene rings is 1. The third kappa shape index (κ3) is 6.14. The van der Waals surface area contributed by atoms with Gasteiger partial charge in [-0.15, -0.1) is 0 Å². The van der Waals surface area contributed by atoms with E-state index in [1.54, 1.807) is 0 Å². The molecule has 1 fully saturated rings. The molecule has 0 bridgehead atoms. The van der Waals surface area contributed by atoms with E-state index in [1.807, 2.05) is 36.5 Å². The van der Waals surface area contributed by atoms with Crippen molar-refractivity contribution < 1.29 is 19.8 Å². The first-order valence-electron chi connectivity index (χ1n) is 9.47. The first-order chi connectivity index (χ1) is 14.5. The fraction of sp³-hybridized carbons (Fsp3) is 0.238. The van der Waals surface area contributed by atoms with Crippen LogP contribution in [0.2, 0.25) is 0 Å². The number of aromatic nitrogens is 3. The van der Waals surface area contributed by atoms with Crippen molar-refractivity contribution in [3.63, 3.8) is 0 Å². The first-order valence-corrected chi connectivity index (χ1v) is 9.47. The molecule has 0 radical (unpaired) electrons. The maximum Gasteiger partial charge on any atom is 0.328 e. The van der Waals surface area contributed by atoms with E-state index >= 15 is 0 Å². The zero-order valence-electron chi connectivity index (χ0n) is 16.3. The number of H-pyrrole nitrogens is 1. The van der Waals surface area contributed by atoms with Gasteiger partial charge in [-0.3, -0.25) is 4.90 Å². The number of hydrogen-bond donors (Lipinski definition) is 3. The summed E-state index contributed by atoms with van der Waals surface area (Å²) < 4.78 is 0. The van der Waals surface area contributed by atoms with E-state index in [-0.39, 0.29) is 0 Å². The van der Waals surface area contributed by atoms with E-state index in [1.165, 1.54) is 0 Å². The summed E-state index contributed by atoms with van der Waals surface area (Å²) in [5.41, 5.74) is 2.16. The van der Waals surface area contributed by atoms with Crippen molar-refractivity contribution in [3.8, 4) is 0 Å². The lowest BCUT2D eigenvalue weighted by molar-refractivity contribution is -0.134. The highest BCUT2D eigenvalue weighted by atomic mass is 16.4. The molecule has 30 heavy (non-hydrogen) atoms. The molecule has 2 aromatic heterocycles. The van der Waals surface area contributed by atoms with E-state index < -0.39 is 11.9 Å². The Balaban J connectivity index is 0.000000275.